The summed E-state index contributed by atoms with van der Waals surface area (Å²) in [6.07, 6.45) is 2.96. The first-order valence-electron chi connectivity index (χ1n) is 6.49. The molecular weight excluding hydrogens is 216 g/mol. The summed E-state index contributed by atoms with van der Waals surface area (Å²) in [5.41, 5.74) is -0.121. The summed E-state index contributed by atoms with van der Waals surface area (Å²) in [5, 5.41) is 6.39. The number of amides is 1. The van der Waals surface area contributed by atoms with E-state index in [9.17, 15) is 4.79 Å². The maximum absolute atomic E-state index is 12.0. The zero-order valence-corrected chi connectivity index (χ0v) is 11.3. The number of carbonyl (C=O) groups is 1. The quantitative estimate of drug-likeness (QED) is 0.775. The molecule has 2 N–H and O–H groups in total. The van der Waals surface area contributed by atoms with Gasteiger partial charge in [0, 0.05) is 18.6 Å². The smallest absolute Gasteiger partial charge is 0.237 e. The van der Waals surface area contributed by atoms with Crippen LogP contribution in [-0.4, -0.2) is 37.2 Å². The lowest BCUT2D eigenvalue weighted by molar-refractivity contribution is -0.182. The molecule has 0 bridgehead atoms. The van der Waals surface area contributed by atoms with Gasteiger partial charge in [-0.3, -0.25) is 4.79 Å². The van der Waals surface area contributed by atoms with Gasteiger partial charge in [0.15, 0.2) is 0 Å². The van der Waals surface area contributed by atoms with Gasteiger partial charge in [-0.1, -0.05) is 13.8 Å². The van der Waals surface area contributed by atoms with E-state index in [1.807, 2.05) is 0 Å². The van der Waals surface area contributed by atoms with Crippen molar-refractivity contribution in [2.24, 2.45) is 5.41 Å². The van der Waals surface area contributed by atoms with Gasteiger partial charge in [0.25, 0.3) is 0 Å². The third kappa shape index (κ3) is 1.97. The number of ether oxygens (including phenoxy) is 1. The summed E-state index contributed by atoms with van der Waals surface area (Å²) in [6.45, 7) is 7.39. The molecule has 0 unspecified atom stereocenters. The standard InChI is InChI=1S/C13H24N2O2/c1-12(2)10(8-13(12,3)17-4)15-11(16)9-6-5-7-14-9/h9-10,14H,5-8H2,1-4H3,(H,15,16)/t9-,10-,13-/m1/s1. The molecule has 1 saturated heterocycles. The summed E-state index contributed by atoms with van der Waals surface area (Å²) in [5.74, 6) is 0.152. The van der Waals surface area contributed by atoms with E-state index in [4.69, 9.17) is 4.74 Å². The minimum Gasteiger partial charge on any atom is -0.378 e. The lowest BCUT2D eigenvalue weighted by Crippen LogP contribution is -2.69. The Bertz CT molecular complexity index is 311. The van der Waals surface area contributed by atoms with Gasteiger partial charge in [-0.25, -0.2) is 0 Å². The van der Waals surface area contributed by atoms with Gasteiger partial charge >= 0.3 is 0 Å². The van der Waals surface area contributed by atoms with E-state index in [1.165, 1.54) is 0 Å². The molecule has 2 rings (SSSR count). The van der Waals surface area contributed by atoms with Gasteiger partial charge in [0.05, 0.1) is 11.6 Å². The molecule has 4 heteroatoms. The molecule has 0 radical (unpaired) electrons. The van der Waals surface area contributed by atoms with Crippen LogP contribution in [0.15, 0.2) is 0 Å². The first-order valence-corrected chi connectivity index (χ1v) is 6.49. The molecule has 2 aliphatic rings. The second kappa shape index (κ2) is 4.25. The van der Waals surface area contributed by atoms with E-state index in [0.717, 1.165) is 25.8 Å². The molecule has 0 aromatic heterocycles. The normalized spacial score (nSPS) is 39.8. The number of methoxy groups -OCH3 is 1. The molecule has 0 spiro atoms. The van der Waals surface area contributed by atoms with Crippen molar-refractivity contribution in [3.8, 4) is 0 Å². The summed E-state index contributed by atoms with van der Waals surface area (Å²) >= 11 is 0. The van der Waals surface area contributed by atoms with Crippen molar-refractivity contribution in [1.29, 1.82) is 0 Å². The predicted octanol–water partition coefficient (Wildman–Crippen LogP) is 1.06. The van der Waals surface area contributed by atoms with Crippen LogP contribution < -0.4 is 10.6 Å². The number of rotatable bonds is 3. The van der Waals surface area contributed by atoms with Crippen LogP contribution in [0, 0.1) is 5.41 Å². The topological polar surface area (TPSA) is 50.4 Å². The average Bonchev–Trinajstić information content (AvgIpc) is 2.81. The van der Waals surface area contributed by atoms with Gasteiger partial charge in [0.1, 0.15) is 0 Å². The summed E-state index contributed by atoms with van der Waals surface area (Å²) in [4.78, 5) is 12.0. The van der Waals surface area contributed by atoms with E-state index >= 15 is 0 Å². The van der Waals surface area contributed by atoms with E-state index in [2.05, 4.69) is 31.4 Å². The SMILES string of the molecule is CO[C@]1(C)C[C@@H](NC(=O)[C@H]2CCCN2)C1(C)C. The molecule has 1 heterocycles. The Balaban J connectivity index is 1.91. The number of hydrogen-bond donors (Lipinski definition) is 2. The molecule has 0 aromatic carbocycles. The van der Waals surface area contributed by atoms with Crippen molar-refractivity contribution in [3.63, 3.8) is 0 Å². The molecule has 17 heavy (non-hydrogen) atoms. The molecule has 0 aromatic rings. The summed E-state index contributed by atoms with van der Waals surface area (Å²) < 4.78 is 5.56. The minimum atomic E-state index is -0.117. The Kier molecular flexibility index (Phi) is 3.21. The van der Waals surface area contributed by atoms with Crippen molar-refractivity contribution in [2.45, 2.75) is 57.7 Å². The lowest BCUT2D eigenvalue weighted by Gasteiger charge is -2.59. The third-order valence-corrected chi connectivity index (χ3v) is 4.97. The van der Waals surface area contributed by atoms with Crippen LogP contribution in [0.4, 0.5) is 0 Å². The van der Waals surface area contributed by atoms with Crippen LogP contribution in [0.3, 0.4) is 0 Å². The third-order valence-electron chi connectivity index (χ3n) is 4.97. The van der Waals surface area contributed by atoms with Crippen LogP contribution in [0.5, 0.6) is 0 Å². The maximum atomic E-state index is 12.0. The van der Waals surface area contributed by atoms with Crippen molar-refractivity contribution < 1.29 is 9.53 Å². The monoisotopic (exact) mass is 240 g/mol. The molecule has 3 atom stereocenters. The Labute approximate surface area is 103 Å². The second-order valence-electron chi connectivity index (χ2n) is 6.07. The number of hydrogen-bond acceptors (Lipinski definition) is 3. The van der Waals surface area contributed by atoms with E-state index < -0.39 is 0 Å². The van der Waals surface area contributed by atoms with Crippen molar-refractivity contribution >= 4 is 5.91 Å². The Hall–Kier alpha value is -0.610. The maximum Gasteiger partial charge on any atom is 0.237 e. The van der Waals surface area contributed by atoms with Crippen molar-refractivity contribution in [2.75, 3.05) is 13.7 Å². The van der Waals surface area contributed by atoms with Crippen LogP contribution in [0.25, 0.3) is 0 Å². The summed E-state index contributed by atoms with van der Waals surface area (Å²) in [6, 6.07) is 0.238. The summed E-state index contributed by atoms with van der Waals surface area (Å²) in [7, 11) is 1.75. The molecule has 1 amide bonds. The molecule has 1 aliphatic carbocycles. The molecule has 1 aliphatic heterocycles. The first kappa shape index (κ1) is 12.8. The van der Waals surface area contributed by atoms with E-state index in [0.29, 0.717) is 0 Å². The molecule has 2 fully saturated rings. The van der Waals surface area contributed by atoms with Gasteiger partial charge in [-0.05, 0) is 32.7 Å². The van der Waals surface area contributed by atoms with Gasteiger partial charge in [-0.2, -0.15) is 0 Å². The molecule has 4 nitrogen and oxygen atoms in total. The van der Waals surface area contributed by atoms with Crippen LogP contribution in [0.2, 0.25) is 0 Å². The largest absolute Gasteiger partial charge is 0.378 e. The Morgan fingerprint density at radius 3 is 2.59 bits per heavy atom. The Morgan fingerprint density at radius 2 is 2.12 bits per heavy atom. The Morgan fingerprint density at radius 1 is 1.41 bits per heavy atom. The minimum absolute atomic E-state index is 0.00395. The number of carbonyl (C=O) groups excluding carboxylic acids is 1. The fraction of sp³-hybridized carbons (Fsp3) is 0.923. The molecule has 98 valence electrons. The highest BCUT2D eigenvalue weighted by Crippen LogP contribution is 2.51. The van der Waals surface area contributed by atoms with Gasteiger partial charge in [-0.15, -0.1) is 0 Å². The fourth-order valence-electron chi connectivity index (χ4n) is 2.90. The van der Waals surface area contributed by atoms with Crippen LogP contribution in [0.1, 0.15) is 40.0 Å². The lowest BCUT2D eigenvalue weighted by atomic mass is 9.56. The highest BCUT2D eigenvalue weighted by atomic mass is 16.5. The van der Waals surface area contributed by atoms with Crippen molar-refractivity contribution in [1.82, 2.24) is 10.6 Å². The van der Waals surface area contributed by atoms with Crippen LogP contribution in [-0.2, 0) is 9.53 Å². The van der Waals surface area contributed by atoms with Gasteiger partial charge in [0.2, 0.25) is 5.91 Å². The first-order chi connectivity index (χ1) is 7.90. The predicted molar refractivity (Wildman–Crippen MR) is 66.8 cm³/mol. The number of nitrogens with one attached hydrogen (secondary N) is 2. The average molecular weight is 240 g/mol. The fourth-order valence-corrected chi connectivity index (χ4v) is 2.90. The zero-order valence-electron chi connectivity index (χ0n) is 11.3. The van der Waals surface area contributed by atoms with Gasteiger partial charge < -0.3 is 15.4 Å². The van der Waals surface area contributed by atoms with E-state index in [-0.39, 0.29) is 29.0 Å². The second-order valence-corrected chi connectivity index (χ2v) is 6.07. The molecule has 1 saturated carbocycles. The van der Waals surface area contributed by atoms with Crippen molar-refractivity contribution in [3.05, 3.63) is 0 Å². The zero-order chi connectivity index (χ0) is 12.7. The molecular formula is C13H24N2O2. The highest BCUT2D eigenvalue weighted by Gasteiger charge is 2.58. The van der Waals surface area contributed by atoms with Crippen LogP contribution >= 0.6 is 0 Å². The highest BCUT2D eigenvalue weighted by molar-refractivity contribution is 5.82. The van der Waals surface area contributed by atoms with E-state index in [1.54, 1.807) is 7.11 Å².